The van der Waals surface area contributed by atoms with E-state index in [4.69, 9.17) is 4.74 Å². The molecule has 1 N–H and O–H groups in total. The minimum absolute atomic E-state index is 0.273. The summed E-state index contributed by atoms with van der Waals surface area (Å²) < 4.78 is 42.4. The smallest absolute Gasteiger partial charge is 0.417 e. The van der Waals surface area contributed by atoms with Crippen molar-refractivity contribution in [2.75, 3.05) is 7.11 Å². The number of H-pyrrole nitrogens is 1. The third-order valence-electron chi connectivity index (χ3n) is 3.80. The summed E-state index contributed by atoms with van der Waals surface area (Å²) in [5, 5.41) is -0.311. The van der Waals surface area contributed by atoms with E-state index in [2.05, 4.69) is 9.97 Å². The molecule has 2 heterocycles. The number of ether oxygens (including phenoxy) is 1. The maximum Gasteiger partial charge on any atom is 0.417 e. The van der Waals surface area contributed by atoms with Gasteiger partial charge >= 0.3 is 12.1 Å². The molecule has 0 aromatic carbocycles. The number of ketones is 1. The van der Waals surface area contributed by atoms with Crippen molar-refractivity contribution in [3.05, 3.63) is 46.4 Å². The first kappa shape index (κ1) is 20.0. The van der Waals surface area contributed by atoms with Crippen molar-refractivity contribution in [1.82, 2.24) is 9.97 Å². The van der Waals surface area contributed by atoms with Crippen LogP contribution in [0.3, 0.4) is 0 Å². The van der Waals surface area contributed by atoms with Gasteiger partial charge in [-0.05, 0) is 38.5 Å². The molecule has 0 aliphatic rings. The number of aromatic amines is 1. The number of Topliss-reactive ketones (excluding diaryl/α,β-unsaturated/α-hetero) is 1. The number of rotatable bonds is 5. The van der Waals surface area contributed by atoms with Crippen LogP contribution < -0.4 is 0 Å². The van der Waals surface area contributed by atoms with Gasteiger partial charge in [0.15, 0.2) is 5.78 Å². The van der Waals surface area contributed by atoms with Crippen LogP contribution in [0.25, 0.3) is 0 Å². The number of carbonyl (C=O) groups is 2. The average Bonchev–Trinajstić information content (AvgIpc) is 2.87. The molecule has 0 saturated carbocycles. The van der Waals surface area contributed by atoms with Crippen LogP contribution in [0.5, 0.6) is 0 Å². The van der Waals surface area contributed by atoms with Crippen molar-refractivity contribution in [2.45, 2.75) is 37.2 Å². The van der Waals surface area contributed by atoms with Gasteiger partial charge in [-0.25, -0.2) is 9.78 Å². The standard InChI is InChI=1S/C17H17F3N2O3S/c1-8-13(16(24)25-4)9(2)22-14(8)15(23)10(3)26-12-6-5-11(7-21-12)17(18,19)20/h5-7,10,22H,1-4H3. The number of aryl methyl sites for hydroxylation is 1. The van der Waals surface area contributed by atoms with Gasteiger partial charge in [0.25, 0.3) is 0 Å². The Bertz CT molecular complexity index is 829. The van der Waals surface area contributed by atoms with Gasteiger partial charge in [0.05, 0.1) is 34.2 Å². The van der Waals surface area contributed by atoms with Crippen molar-refractivity contribution in [2.24, 2.45) is 0 Å². The highest BCUT2D eigenvalue weighted by molar-refractivity contribution is 8.00. The van der Waals surface area contributed by atoms with E-state index in [9.17, 15) is 22.8 Å². The van der Waals surface area contributed by atoms with Crippen LogP contribution in [-0.2, 0) is 10.9 Å². The van der Waals surface area contributed by atoms with Crippen molar-refractivity contribution >= 4 is 23.5 Å². The first-order valence-electron chi connectivity index (χ1n) is 7.57. The number of thioether (sulfide) groups is 1. The number of methoxy groups -OCH3 is 1. The third-order valence-corrected chi connectivity index (χ3v) is 4.85. The zero-order valence-corrected chi connectivity index (χ0v) is 15.3. The molecule has 5 nitrogen and oxygen atoms in total. The van der Waals surface area contributed by atoms with Crippen LogP contribution in [-0.4, -0.2) is 34.1 Å². The highest BCUT2D eigenvalue weighted by Gasteiger charge is 2.31. The second-order valence-electron chi connectivity index (χ2n) is 5.62. The summed E-state index contributed by atoms with van der Waals surface area (Å²) in [4.78, 5) is 31.1. The largest absolute Gasteiger partial charge is 0.465 e. The molecule has 1 atom stereocenters. The number of hydrogen-bond donors (Lipinski definition) is 1. The van der Waals surface area contributed by atoms with Crippen LogP contribution >= 0.6 is 11.8 Å². The predicted octanol–water partition coefficient (Wildman–Crippen LogP) is 4.20. The topological polar surface area (TPSA) is 72.1 Å². The Morgan fingerprint density at radius 2 is 1.92 bits per heavy atom. The van der Waals surface area contributed by atoms with Crippen molar-refractivity contribution in [3.63, 3.8) is 0 Å². The normalized spacial score (nSPS) is 12.7. The van der Waals surface area contributed by atoms with E-state index in [-0.39, 0.29) is 11.5 Å². The maximum absolute atomic E-state index is 12.7. The molecule has 1 unspecified atom stereocenters. The molecule has 0 fully saturated rings. The van der Waals surface area contributed by atoms with Crippen LogP contribution in [0.1, 0.15) is 44.6 Å². The third kappa shape index (κ3) is 4.09. The zero-order valence-electron chi connectivity index (χ0n) is 14.5. The second-order valence-corrected chi connectivity index (χ2v) is 6.98. The molecule has 26 heavy (non-hydrogen) atoms. The first-order valence-corrected chi connectivity index (χ1v) is 8.45. The summed E-state index contributed by atoms with van der Waals surface area (Å²) >= 11 is 1.04. The number of pyridine rings is 1. The van der Waals surface area contributed by atoms with Gasteiger partial charge in [0.2, 0.25) is 0 Å². The van der Waals surface area contributed by atoms with Crippen LogP contribution in [0.4, 0.5) is 13.2 Å². The highest BCUT2D eigenvalue weighted by atomic mass is 32.2. The van der Waals surface area contributed by atoms with E-state index in [0.717, 1.165) is 24.0 Å². The number of carbonyl (C=O) groups excluding carboxylic acids is 2. The lowest BCUT2D eigenvalue weighted by molar-refractivity contribution is -0.137. The van der Waals surface area contributed by atoms with Crippen molar-refractivity contribution in [1.29, 1.82) is 0 Å². The molecule has 0 radical (unpaired) electrons. The molecule has 0 aliphatic heterocycles. The van der Waals surface area contributed by atoms with Crippen molar-refractivity contribution < 1.29 is 27.5 Å². The second kappa shape index (κ2) is 7.53. The number of halogens is 3. The maximum atomic E-state index is 12.7. The lowest BCUT2D eigenvalue weighted by atomic mass is 10.1. The van der Waals surface area contributed by atoms with Crippen molar-refractivity contribution in [3.8, 4) is 0 Å². The summed E-state index contributed by atoms with van der Waals surface area (Å²) in [5.41, 5.74) is 0.727. The molecular formula is C17H17F3N2O3S. The first-order chi connectivity index (χ1) is 12.1. The number of nitrogens with one attached hydrogen (secondary N) is 1. The van der Waals surface area contributed by atoms with Gasteiger partial charge in [0.1, 0.15) is 0 Å². The molecule has 0 saturated heterocycles. The minimum atomic E-state index is -4.46. The number of hydrogen-bond acceptors (Lipinski definition) is 5. The summed E-state index contributed by atoms with van der Waals surface area (Å²) in [7, 11) is 1.25. The average molecular weight is 386 g/mol. The molecule has 9 heteroatoms. The lowest BCUT2D eigenvalue weighted by Crippen LogP contribution is -2.16. The van der Waals surface area contributed by atoms with Gasteiger partial charge in [-0.15, -0.1) is 0 Å². The fraction of sp³-hybridized carbons (Fsp3) is 0.353. The fourth-order valence-electron chi connectivity index (χ4n) is 2.46. The van der Waals surface area contributed by atoms with Crippen LogP contribution in [0.15, 0.2) is 23.4 Å². The Morgan fingerprint density at radius 1 is 1.27 bits per heavy atom. The molecule has 140 valence electrons. The van der Waals surface area contributed by atoms with E-state index in [1.165, 1.54) is 13.2 Å². The van der Waals surface area contributed by atoms with E-state index < -0.39 is 23.0 Å². The Morgan fingerprint density at radius 3 is 2.42 bits per heavy atom. The van der Waals surface area contributed by atoms with Gasteiger partial charge in [-0.1, -0.05) is 11.8 Å². The van der Waals surface area contributed by atoms with Gasteiger partial charge in [0, 0.05) is 11.9 Å². The Hall–Kier alpha value is -2.29. The zero-order chi connectivity index (χ0) is 19.6. The van der Waals surface area contributed by atoms with Crippen LogP contribution in [0, 0.1) is 13.8 Å². The Kier molecular flexibility index (Phi) is 5.80. The number of esters is 1. The molecule has 0 spiro atoms. The number of aromatic nitrogens is 2. The quantitative estimate of drug-likeness (QED) is 0.474. The Balaban J connectivity index is 2.19. The highest BCUT2D eigenvalue weighted by Crippen LogP contribution is 2.31. The molecular weight excluding hydrogens is 369 g/mol. The van der Waals surface area contributed by atoms with Gasteiger partial charge < -0.3 is 9.72 Å². The molecule has 2 aromatic heterocycles. The predicted molar refractivity (Wildman–Crippen MR) is 90.5 cm³/mol. The Labute approximate surface area is 152 Å². The molecule has 0 aliphatic carbocycles. The number of alkyl halides is 3. The fourth-order valence-corrected chi connectivity index (χ4v) is 3.31. The molecule has 0 bridgehead atoms. The minimum Gasteiger partial charge on any atom is -0.465 e. The summed E-state index contributed by atoms with van der Waals surface area (Å²) in [6, 6.07) is 2.15. The summed E-state index contributed by atoms with van der Waals surface area (Å²) in [6.45, 7) is 4.92. The molecule has 0 amide bonds. The van der Waals surface area contributed by atoms with Crippen LogP contribution in [0.2, 0.25) is 0 Å². The van der Waals surface area contributed by atoms with E-state index in [1.807, 2.05) is 0 Å². The van der Waals surface area contributed by atoms with E-state index in [1.54, 1.807) is 20.8 Å². The molecule has 2 aromatic rings. The molecule has 2 rings (SSSR count). The van der Waals surface area contributed by atoms with E-state index >= 15 is 0 Å². The van der Waals surface area contributed by atoms with Gasteiger partial charge in [-0.2, -0.15) is 13.2 Å². The lowest BCUT2D eigenvalue weighted by Gasteiger charge is -2.11. The monoisotopic (exact) mass is 386 g/mol. The SMILES string of the molecule is COC(=O)c1c(C)[nH]c(C(=O)C(C)Sc2ccc(C(F)(F)F)cn2)c1C. The van der Waals surface area contributed by atoms with E-state index in [0.29, 0.717) is 21.8 Å². The summed E-state index contributed by atoms with van der Waals surface area (Å²) in [6.07, 6.45) is -3.72. The number of nitrogens with zero attached hydrogens (tertiary/aromatic N) is 1. The van der Waals surface area contributed by atoms with Gasteiger partial charge in [-0.3, -0.25) is 4.79 Å². The summed E-state index contributed by atoms with van der Waals surface area (Å²) in [5.74, 6) is -0.826.